The third-order valence-electron chi connectivity index (χ3n) is 2.65. The minimum absolute atomic E-state index is 0.000508. The summed E-state index contributed by atoms with van der Waals surface area (Å²) in [6, 6.07) is 0. The molecule has 2 N–H and O–H groups in total. The number of hydrogen-bond donors (Lipinski definition) is 2. The van der Waals surface area contributed by atoms with E-state index in [1.54, 1.807) is 0 Å². The molecule has 3 nitrogen and oxygen atoms in total. The molecule has 0 aliphatic heterocycles. The zero-order valence-electron chi connectivity index (χ0n) is 8.47. The topological polar surface area (TPSA) is 49.3 Å². The van der Waals surface area contributed by atoms with Crippen LogP contribution in [-0.4, -0.2) is 24.2 Å². The summed E-state index contributed by atoms with van der Waals surface area (Å²) in [4.78, 5) is 11.5. The minimum Gasteiger partial charge on any atom is -0.395 e. The van der Waals surface area contributed by atoms with Crippen LogP contribution in [0.1, 0.15) is 33.1 Å². The first kappa shape index (κ1) is 10.5. The highest BCUT2D eigenvalue weighted by Gasteiger charge is 2.49. The zero-order chi connectivity index (χ0) is 9.90. The molecule has 13 heavy (non-hydrogen) atoms. The van der Waals surface area contributed by atoms with E-state index < -0.39 is 5.41 Å². The van der Waals surface area contributed by atoms with Crippen molar-refractivity contribution in [3.63, 3.8) is 0 Å². The SMILES string of the molecule is CC(C)CCNC(=O)C1(CO)CC1. The Morgan fingerprint density at radius 1 is 1.54 bits per heavy atom. The van der Waals surface area contributed by atoms with Crippen LogP contribution in [0.3, 0.4) is 0 Å². The molecule has 0 heterocycles. The molecule has 0 bridgehead atoms. The normalized spacial score (nSPS) is 18.8. The van der Waals surface area contributed by atoms with Crippen molar-refractivity contribution in [2.24, 2.45) is 11.3 Å². The Labute approximate surface area is 79.5 Å². The standard InChI is InChI=1S/C10H19NO2/c1-8(2)3-6-11-9(13)10(7-12)4-5-10/h8,12H,3-7H2,1-2H3,(H,11,13). The summed E-state index contributed by atoms with van der Waals surface area (Å²) in [6.07, 6.45) is 2.70. The summed E-state index contributed by atoms with van der Waals surface area (Å²) in [5, 5.41) is 11.8. The highest BCUT2D eigenvalue weighted by atomic mass is 16.3. The average Bonchev–Trinajstić information content (AvgIpc) is 2.83. The smallest absolute Gasteiger partial charge is 0.228 e. The van der Waals surface area contributed by atoms with Gasteiger partial charge < -0.3 is 10.4 Å². The number of carbonyl (C=O) groups is 1. The molecule has 0 aromatic heterocycles. The van der Waals surface area contributed by atoms with Crippen LogP contribution in [0.5, 0.6) is 0 Å². The first-order chi connectivity index (χ1) is 6.10. The van der Waals surface area contributed by atoms with E-state index in [0.717, 1.165) is 25.8 Å². The van der Waals surface area contributed by atoms with Crippen LogP contribution in [0, 0.1) is 11.3 Å². The molecule has 1 aliphatic carbocycles. The van der Waals surface area contributed by atoms with Crippen molar-refractivity contribution in [3.05, 3.63) is 0 Å². The van der Waals surface area contributed by atoms with Gasteiger partial charge in [-0.25, -0.2) is 0 Å². The number of aliphatic hydroxyl groups excluding tert-OH is 1. The van der Waals surface area contributed by atoms with Crippen molar-refractivity contribution in [2.45, 2.75) is 33.1 Å². The van der Waals surface area contributed by atoms with Gasteiger partial charge >= 0.3 is 0 Å². The fourth-order valence-corrected chi connectivity index (χ4v) is 1.27. The lowest BCUT2D eigenvalue weighted by atomic mass is 10.1. The van der Waals surface area contributed by atoms with E-state index in [2.05, 4.69) is 19.2 Å². The van der Waals surface area contributed by atoms with Crippen molar-refractivity contribution >= 4 is 5.91 Å². The first-order valence-corrected chi connectivity index (χ1v) is 5.00. The Kier molecular flexibility index (Phi) is 3.31. The van der Waals surface area contributed by atoms with Crippen molar-refractivity contribution < 1.29 is 9.90 Å². The molecule has 1 rings (SSSR count). The molecular formula is C10H19NO2. The molecular weight excluding hydrogens is 166 g/mol. The number of nitrogens with one attached hydrogen (secondary N) is 1. The van der Waals surface area contributed by atoms with Crippen LogP contribution < -0.4 is 5.32 Å². The number of aliphatic hydroxyl groups is 1. The Bertz CT molecular complexity index is 185. The molecule has 0 radical (unpaired) electrons. The number of rotatable bonds is 5. The van der Waals surface area contributed by atoms with E-state index in [-0.39, 0.29) is 12.5 Å². The van der Waals surface area contributed by atoms with Gasteiger partial charge in [-0.1, -0.05) is 13.8 Å². The van der Waals surface area contributed by atoms with Gasteiger partial charge in [0.25, 0.3) is 0 Å². The lowest BCUT2D eigenvalue weighted by Crippen LogP contribution is -2.35. The summed E-state index contributed by atoms with van der Waals surface area (Å²) in [5.41, 5.74) is -0.406. The van der Waals surface area contributed by atoms with Gasteiger partial charge in [0, 0.05) is 6.54 Å². The summed E-state index contributed by atoms with van der Waals surface area (Å²) in [5.74, 6) is 0.653. The molecule has 0 spiro atoms. The van der Waals surface area contributed by atoms with Gasteiger partial charge in [0.1, 0.15) is 0 Å². The molecule has 1 aliphatic rings. The van der Waals surface area contributed by atoms with Crippen LogP contribution >= 0.6 is 0 Å². The average molecular weight is 185 g/mol. The third-order valence-corrected chi connectivity index (χ3v) is 2.65. The molecule has 0 unspecified atom stereocenters. The van der Waals surface area contributed by atoms with Gasteiger partial charge in [0.15, 0.2) is 0 Å². The Morgan fingerprint density at radius 2 is 2.15 bits per heavy atom. The Morgan fingerprint density at radius 3 is 2.54 bits per heavy atom. The fraction of sp³-hybridized carbons (Fsp3) is 0.900. The maximum Gasteiger partial charge on any atom is 0.228 e. The van der Waals surface area contributed by atoms with E-state index in [4.69, 9.17) is 5.11 Å². The number of amides is 1. The fourth-order valence-electron chi connectivity index (χ4n) is 1.27. The monoisotopic (exact) mass is 185 g/mol. The number of carbonyl (C=O) groups excluding carboxylic acids is 1. The maximum absolute atomic E-state index is 11.5. The summed E-state index contributed by atoms with van der Waals surface area (Å²) >= 11 is 0. The lowest BCUT2D eigenvalue weighted by molar-refractivity contribution is -0.127. The number of hydrogen-bond acceptors (Lipinski definition) is 2. The quantitative estimate of drug-likeness (QED) is 0.669. The molecule has 0 aromatic carbocycles. The highest BCUT2D eigenvalue weighted by Crippen LogP contribution is 2.45. The van der Waals surface area contributed by atoms with Crippen LogP contribution in [0.2, 0.25) is 0 Å². The molecule has 1 amide bonds. The summed E-state index contributed by atoms with van der Waals surface area (Å²) in [7, 11) is 0. The molecule has 76 valence electrons. The summed E-state index contributed by atoms with van der Waals surface area (Å²) in [6.45, 7) is 4.99. The van der Waals surface area contributed by atoms with E-state index in [9.17, 15) is 4.79 Å². The third kappa shape index (κ3) is 2.69. The molecule has 0 saturated heterocycles. The van der Waals surface area contributed by atoms with Gasteiger partial charge in [-0.2, -0.15) is 0 Å². The predicted octanol–water partition coefficient (Wildman–Crippen LogP) is 0.921. The lowest BCUT2D eigenvalue weighted by Gasteiger charge is -2.12. The predicted molar refractivity (Wildman–Crippen MR) is 51.2 cm³/mol. The van der Waals surface area contributed by atoms with Crippen LogP contribution in [0.25, 0.3) is 0 Å². The molecule has 0 atom stereocenters. The summed E-state index contributed by atoms with van der Waals surface area (Å²) < 4.78 is 0. The van der Waals surface area contributed by atoms with E-state index in [1.807, 2.05) is 0 Å². The Balaban J connectivity index is 2.18. The molecule has 3 heteroatoms. The van der Waals surface area contributed by atoms with Crippen LogP contribution in [0.15, 0.2) is 0 Å². The van der Waals surface area contributed by atoms with E-state index >= 15 is 0 Å². The Hall–Kier alpha value is -0.570. The second kappa shape index (κ2) is 4.09. The van der Waals surface area contributed by atoms with Gasteiger partial charge in [0.05, 0.1) is 12.0 Å². The minimum atomic E-state index is -0.406. The van der Waals surface area contributed by atoms with Gasteiger partial charge in [-0.3, -0.25) is 4.79 Å². The van der Waals surface area contributed by atoms with Crippen molar-refractivity contribution in [3.8, 4) is 0 Å². The van der Waals surface area contributed by atoms with E-state index in [0.29, 0.717) is 5.92 Å². The van der Waals surface area contributed by atoms with E-state index in [1.165, 1.54) is 0 Å². The van der Waals surface area contributed by atoms with Gasteiger partial charge in [-0.05, 0) is 25.2 Å². The zero-order valence-corrected chi connectivity index (χ0v) is 8.47. The van der Waals surface area contributed by atoms with Crippen LogP contribution in [-0.2, 0) is 4.79 Å². The van der Waals surface area contributed by atoms with Crippen molar-refractivity contribution in [1.82, 2.24) is 5.32 Å². The van der Waals surface area contributed by atoms with Crippen molar-refractivity contribution in [1.29, 1.82) is 0 Å². The molecule has 0 aromatic rings. The largest absolute Gasteiger partial charge is 0.395 e. The van der Waals surface area contributed by atoms with Gasteiger partial charge in [-0.15, -0.1) is 0 Å². The van der Waals surface area contributed by atoms with Crippen LogP contribution in [0.4, 0.5) is 0 Å². The first-order valence-electron chi connectivity index (χ1n) is 5.00. The van der Waals surface area contributed by atoms with Crippen molar-refractivity contribution in [2.75, 3.05) is 13.2 Å². The maximum atomic E-state index is 11.5. The molecule has 1 fully saturated rings. The van der Waals surface area contributed by atoms with Gasteiger partial charge in [0.2, 0.25) is 5.91 Å². The second-order valence-electron chi connectivity index (χ2n) is 4.38. The molecule has 1 saturated carbocycles. The second-order valence-corrected chi connectivity index (χ2v) is 4.38. The highest BCUT2D eigenvalue weighted by molar-refractivity contribution is 5.85.